The van der Waals surface area contributed by atoms with Crippen LogP contribution in [0.15, 0.2) is 30.7 Å². The van der Waals surface area contributed by atoms with Crippen molar-refractivity contribution in [1.29, 1.82) is 0 Å². The van der Waals surface area contributed by atoms with E-state index >= 15 is 0 Å². The summed E-state index contributed by atoms with van der Waals surface area (Å²) in [6, 6.07) is 3.99. The molecule has 2 aromatic heterocycles. The number of piperidine rings is 2. The van der Waals surface area contributed by atoms with E-state index in [1.807, 2.05) is 30.3 Å². The summed E-state index contributed by atoms with van der Waals surface area (Å²) in [5.41, 5.74) is 2.51. The van der Waals surface area contributed by atoms with E-state index in [9.17, 15) is 4.79 Å². The molecule has 0 atom stereocenters. The van der Waals surface area contributed by atoms with Crippen LogP contribution in [0.4, 0.5) is 0 Å². The number of H-pyrrole nitrogens is 1. The van der Waals surface area contributed by atoms with Gasteiger partial charge in [-0.05, 0) is 56.3 Å². The van der Waals surface area contributed by atoms with Gasteiger partial charge >= 0.3 is 0 Å². The van der Waals surface area contributed by atoms with Gasteiger partial charge in [0.05, 0.1) is 6.54 Å². The highest BCUT2D eigenvalue weighted by atomic mass is 16.2. The van der Waals surface area contributed by atoms with Gasteiger partial charge in [-0.2, -0.15) is 0 Å². The fraction of sp³-hybridized carbons (Fsp3) is 0.550. The number of rotatable bonds is 4. The lowest BCUT2D eigenvalue weighted by molar-refractivity contribution is -0.140. The first-order chi connectivity index (χ1) is 12.6. The molecule has 2 aromatic rings. The number of hydrogen-bond donors (Lipinski definition) is 1. The third kappa shape index (κ3) is 3.80. The molecule has 0 aliphatic carbocycles. The molecule has 0 unspecified atom stereocenters. The molecule has 6 nitrogen and oxygen atoms in total. The van der Waals surface area contributed by atoms with Gasteiger partial charge in [0, 0.05) is 43.8 Å². The smallest absolute Gasteiger partial charge is 0.222 e. The van der Waals surface area contributed by atoms with Crippen LogP contribution in [0.1, 0.15) is 42.8 Å². The molecule has 2 saturated heterocycles. The summed E-state index contributed by atoms with van der Waals surface area (Å²) in [5.74, 6) is 1.34. The Morgan fingerprint density at radius 3 is 2.73 bits per heavy atom. The summed E-state index contributed by atoms with van der Waals surface area (Å²) in [6.45, 7) is 6.65. The van der Waals surface area contributed by atoms with Gasteiger partial charge in [-0.3, -0.25) is 14.7 Å². The minimum Gasteiger partial charge on any atom is -0.345 e. The Hall–Kier alpha value is -2.21. The van der Waals surface area contributed by atoms with Crippen molar-refractivity contribution in [3.8, 4) is 0 Å². The van der Waals surface area contributed by atoms with Crippen LogP contribution >= 0.6 is 0 Å². The van der Waals surface area contributed by atoms with Gasteiger partial charge < -0.3 is 9.88 Å². The number of nitrogens with zero attached hydrogens (tertiary/aromatic N) is 4. The van der Waals surface area contributed by atoms with E-state index in [2.05, 4.69) is 25.9 Å². The van der Waals surface area contributed by atoms with Crippen LogP contribution < -0.4 is 0 Å². The van der Waals surface area contributed by atoms with Gasteiger partial charge in [0.1, 0.15) is 5.82 Å². The maximum Gasteiger partial charge on any atom is 0.222 e. The molecule has 1 spiro atoms. The average Bonchev–Trinajstić information content (AvgIpc) is 3.06. The molecule has 0 saturated carbocycles. The van der Waals surface area contributed by atoms with Gasteiger partial charge in [-0.25, -0.2) is 4.98 Å². The lowest BCUT2D eigenvalue weighted by Gasteiger charge is -2.47. The topological polar surface area (TPSA) is 65.1 Å². The van der Waals surface area contributed by atoms with Gasteiger partial charge in [0.2, 0.25) is 5.91 Å². The molecule has 2 aliphatic rings. The number of nitrogens with one attached hydrogen (secondary N) is 1. The molecule has 0 radical (unpaired) electrons. The zero-order chi connectivity index (χ0) is 18.0. The zero-order valence-electron chi connectivity index (χ0n) is 15.4. The van der Waals surface area contributed by atoms with E-state index in [4.69, 9.17) is 0 Å². The summed E-state index contributed by atoms with van der Waals surface area (Å²) in [4.78, 5) is 28.9. The predicted octanol–water partition coefficient (Wildman–Crippen LogP) is 2.52. The van der Waals surface area contributed by atoms with E-state index < -0.39 is 0 Å². The molecule has 1 N–H and O–H groups in total. The third-order valence-electron chi connectivity index (χ3n) is 5.89. The largest absolute Gasteiger partial charge is 0.345 e. The Morgan fingerprint density at radius 1 is 1.19 bits per heavy atom. The maximum atomic E-state index is 12.4. The molecule has 1 amide bonds. The number of aryl methyl sites for hydroxylation is 1. The van der Waals surface area contributed by atoms with Gasteiger partial charge in [0.15, 0.2) is 0 Å². The Morgan fingerprint density at radius 2 is 2.04 bits per heavy atom. The van der Waals surface area contributed by atoms with Crippen LogP contribution in [-0.4, -0.2) is 50.3 Å². The van der Waals surface area contributed by atoms with Gasteiger partial charge in [0.25, 0.3) is 0 Å². The monoisotopic (exact) mass is 353 g/mol. The number of hydrogen-bond acceptors (Lipinski definition) is 4. The molecule has 0 bridgehead atoms. The first kappa shape index (κ1) is 17.2. The fourth-order valence-corrected chi connectivity index (χ4v) is 4.31. The number of carbonyl (C=O) groups excluding carboxylic acids is 1. The highest BCUT2D eigenvalue weighted by molar-refractivity contribution is 5.77. The average molecular weight is 353 g/mol. The van der Waals surface area contributed by atoms with Crippen LogP contribution in [0, 0.1) is 12.3 Å². The van der Waals surface area contributed by atoms with Crippen molar-refractivity contribution in [2.24, 2.45) is 5.41 Å². The first-order valence-corrected chi connectivity index (χ1v) is 9.51. The lowest BCUT2D eigenvalue weighted by Crippen LogP contribution is -2.51. The minimum atomic E-state index is 0.283. The van der Waals surface area contributed by atoms with Crippen LogP contribution in [0.3, 0.4) is 0 Å². The van der Waals surface area contributed by atoms with Crippen molar-refractivity contribution in [2.45, 2.75) is 45.7 Å². The van der Waals surface area contributed by atoms with Gasteiger partial charge in [-0.1, -0.05) is 6.07 Å². The number of likely N-dealkylation sites (tertiary alicyclic amines) is 2. The molecule has 0 aromatic carbocycles. The van der Waals surface area contributed by atoms with Crippen molar-refractivity contribution in [2.75, 3.05) is 19.6 Å². The summed E-state index contributed by atoms with van der Waals surface area (Å²) < 4.78 is 0. The van der Waals surface area contributed by atoms with E-state index in [1.54, 1.807) is 6.20 Å². The Bertz CT molecular complexity index is 749. The van der Waals surface area contributed by atoms with E-state index in [1.165, 1.54) is 0 Å². The van der Waals surface area contributed by atoms with E-state index in [0.717, 1.165) is 62.5 Å². The van der Waals surface area contributed by atoms with Crippen LogP contribution in [0.2, 0.25) is 0 Å². The quantitative estimate of drug-likeness (QED) is 0.917. The normalized spacial score (nSPS) is 20.7. The number of amides is 1. The second kappa shape index (κ2) is 7.19. The summed E-state index contributed by atoms with van der Waals surface area (Å²) in [7, 11) is 0. The minimum absolute atomic E-state index is 0.283. The summed E-state index contributed by atoms with van der Waals surface area (Å²) in [5, 5.41) is 0. The van der Waals surface area contributed by atoms with E-state index in [-0.39, 0.29) is 11.3 Å². The third-order valence-corrected chi connectivity index (χ3v) is 5.89. The number of aromatic amines is 1. The molecule has 4 heterocycles. The highest BCUT2D eigenvalue weighted by Crippen LogP contribution is 2.40. The summed E-state index contributed by atoms with van der Waals surface area (Å²) >= 11 is 0. The highest BCUT2D eigenvalue weighted by Gasteiger charge is 2.40. The van der Waals surface area contributed by atoms with Crippen LogP contribution in [0.25, 0.3) is 0 Å². The van der Waals surface area contributed by atoms with Crippen LogP contribution in [-0.2, 0) is 17.9 Å². The number of pyridine rings is 1. The van der Waals surface area contributed by atoms with Crippen molar-refractivity contribution < 1.29 is 4.79 Å². The van der Waals surface area contributed by atoms with Crippen molar-refractivity contribution in [3.63, 3.8) is 0 Å². The van der Waals surface area contributed by atoms with E-state index in [0.29, 0.717) is 13.0 Å². The Balaban J connectivity index is 1.36. The first-order valence-electron chi connectivity index (χ1n) is 9.51. The molecule has 6 heteroatoms. The van der Waals surface area contributed by atoms with Gasteiger partial charge in [-0.15, -0.1) is 0 Å². The molecular formula is C20H27N5O. The fourth-order valence-electron chi connectivity index (χ4n) is 4.31. The zero-order valence-corrected chi connectivity index (χ0v) is 15.4. The second-order valence-electron chi connectivity index (χ2n) is 7.90. The number of carbonyl (C=O) groups is 1. The van der Waals surface area contributed by atoms with Crippen molar-refractivity contribution in [1.82, 2.24) is 24.8 Å². The molecular weight excluding hydrogens is 326 g/mol. The summed E-state index contributed by atoms with van der Waals surface area (Å²) in [6.07, 6.45) is 9.55. The molecule has 26 heavy (non-hydrogen) atoms. The maximum absolute atomic E-state index is 12.4. The number of imidazole rings is 1. The van der Waals surface area contributed by atoms with Crippen molar-refractivity contribution >= 4 is 5.91 Å². The molecule has 138 valence electrons. The molecule has 2 aliphatic heterocycles. The second-order valence-corrected chi connectivity index (χ2v) is 7.90. The Labute approximate surface area is 154 Å². The molecule has 2 fully saturated rings. The molecule has 4 rings (SSSR count). The number of aromatic nitrogens is 3. The SMILES string of the molecule is Cc1cnc(CN2CCC3(CCC(=O)N(Cc4cccnc4)C3)CC2)[nH]1. The lowest BCUT2D eigenvalue weighted by atomic mass is 9.72. The Kier molecular flexibility index (Phi) is 4.76. The predicted molar refractivity (Wildman–Crippen MR) is 99.2 cm³/mol. The standard InChI is InChI=1S/C20H27N5O/c1-16-11-22-18(23-16)14-24-9-6-20(7-10-24)5-4-19(26)25(15-20)13-17-3-2-8-21-12-17/h2-3,8,11-12H,4-7,9-10,13-15H2,1H3,(H,22,23). The van der Waals surface area contributed by atoms with Crippen LogP contribution in [0.5, 0.6) is 0 Å². The van der Waals surface area contributed by atoms with Crippen molar-refractivity contribution in [3.05, 3.63) is 47.8 Å².